The summed E-state index contributed by atoms with van der Waals surface area (Å²) in [5, 5.41) is 0. The zero-order chi connectivity index (χ0) is 12.5. The molecule has 0 aromatic heterocycles. The average molecular weight is 256 g/mol. The lowest BCUT2D eigenvalue weighted by Crippen LogP contribution is -2.49. The highest BCUT2D eigenvalue weighted by Crippen LogP contribution is 2.31. The number of hydrogen-bond acceptors (Lipinski definition) is 3. The molecule has 2 rings (SSSR count). The van der Waals surface area contributed by atoms with E-state index in [-0.39, 0.29) is 17.4 Å². The van der Waals surface area contributed by atoms with Gasteiger partial charge in [-0.05, 0) is 25.7 Å². The van der Waals surface area contributed by atoms with Crippen molar-refractivity contribution in [3.05, 3.63) is 0 Å². The van der Waals surface area contributed by atoms with Crippen LogP contribution in [0.5, 0.6) is 0 Å². The molecule has 0 aliphatic carbocycles. The second kappa shape index (κ2) is 4.90. The molecule has 5 heteroatoms. The summed E-state index contributed by atoms with van der Waals surface area (Å²) in [5.41, 5.74) is 5.67. The summed E-state index contributed by atoms with van der Waals surface area (Å²) >= 11 is 5.09. The first kappa shape index (κ1) is 12.8. The molecular weight excluding hydrogens is 236 g/mol. The average Bonchev–Trinajstić information content (AvgIpc) is 2.82. The van der Waals surface area contributed by atoms with Crippen LogP contribution in [0.3, 0.4) is 0 Å². The Hall–Kier alpha value is -0.680. The van der Waals surface area contributed by atoms with Crippen LogP contribution in [0.15, 0.2) is 0 Å². The fraction of sp³-hybridized carbons (Fsp3) is 0.833. The summed E-state index contributed by atoms with van der Waals surface area (Å²) in [6, 6.07) is 0. The van der Waals surface area contributed by atoms with Gasteiger partial charge in [-0.1, -0.05) is 19.1 Å². The molecule has 17 heavy (non-hydrogen) atoms. The lowest BCUT2D eigenvalue weighted by molar-refractivity contribution is -0.142. The second-order valence-electron chi connectivity index (χ2n) is 5.25. The molecule has 4 nitrogen and oxygen atoms in total. The standard InChI is InChI=1S/C12H20N2O2S/c1-12(11(13)17)4-6-14(7-5-12)10(15)9-3-2-8-16-9/h9H,2-8H2,1H3,(H2,13,17). The van der Waals surface area contributed by atoms with Gasteiger partial charge in [0.15, 0.2) is 0 Å². The fourth-order valence-corrected chi connectivity index (χ4v) is 2.65. The van der Waals surface area contributed by atoms with Crippen molar-refractivity contribution in [2.75, 3.05) is 19.7 Å². The Kier molecular flexibility index (Phi) is 3.68. The van der Waals surface area contributed by atoms with E-state index in [0.717, 1.165) is 45.4 Å². The summed E-state index contributed by atoms with van der Waals surface area (Å²) in [7, 11) is 0. The molecule has 1 unspecified atom stereocenters. The van der Waals surface area contributed by atoms with Gasteiger partial charge < -0.3 is 15.4 Å². The molecule has 0 saturated carbocycles. The first-order chi connectivity index (χ1) is 8.03. The number of carbonyl (C=O) groups excluding carboxylic acids is 1. The number of thiocarbonyl (C=S) groups is 1. The maximum atomic E-state index is 12.1. The van der Waals surface area contributed by atoms with Crippen molar-refractivity contribution >= 4 is 23.1 Å². The van der Waals surface area contributed by atoms with E-state index in [1.807, 2.05) is 4.90 Å². The third kappa shape index (κ3) is 2.60. The third-order valence-electron chi connectivity index (χ3n) is 3.98. The van der Waals surface area contributed by atoms with Crippen LogP contribution in [-0.4, -0.2) is 41.6 Å². The van der Waals surface area contributed by atoms with Gasteiger partial charge in [-0.3, -0.25) is 4.79 Å². The van der Waals surface area contributed by atoms with E-state index in [1.165, 1.54) is 0 Å². The molecule has 96 valence electrons. The van der Waals surface area contributed by atoms with Gasteiger partial charge in [-0.25, -0.2) is 0 Å². The van der Waals surface area contributed by atoms with E-state index in [2.05, 4.69) is 6.92 Å². The Morgan fingerprint density at radius 2 is 2.12 bits per heavy atom. The largest absolute Gasteiger partial charge is 0.393 e. The number of amides is 1. The van der Waals surface area contributed by atoms with Crippen molar-refractivity contribution in [2.45, 2.75) is 38.7 Å². The zero-order valence-electron chi connectivity index (χ0n) is 10.3. The highest BCUT2D eigenvalue weighted by atomic mass is 32.1. The molecule has 0 spiro atoms. The number of nitrogens with zero attached hydrogens (tertiary/aromatic N) is 1. The van der Waals surface area contributed by atoms with Gasteiger partial charge >= 0.3 is 0 Å². The fourth-order valence-electron chi connectivity index (χ4n) is 2.44. The monoisotopic (exact) mass is 256 g/mol. The number of nitrogens with two attached hydrogens (primary N) is 1. The van der Waals surface area contributed by atoms with Gasteiger partial charge in [0.05, 0.1) is 4.99 Å². The zero-order valence-corrected chi connectivity index (χ0v) is 11.1. The summed E-state index contributed by atoms with van der Waals surface area (Å²) in [6.07, 6.45) is 3.38. The maximum Gasteiger partial charge on any atom is 0.251 e. The van der Waals surface area contributed by atoms with Crippen LogP contribution in [0, 0.1) is 5.41 Å². The van der Waals surface area contributed by atoms with E-state index < -0.39 is 0 Å². The minimum Gasteiger partial charge on any atom is -0.393 e. The summed E-state index contributed by atoms with van der Waals surface area (Å²) in [4.78, 5) is 14.6. The highest BCUT2D eigenvalue weighted by Gasteiger charge is 2.36. The van der Waals surface area contributed by atoms with E-state index in [1.54, 1.807) is 0 Å². The summed E-state index contributed by atoms with van der Waals surface area (Å²) < 4.78 is 5.43. The van der Waals surface area contributed by atoms with Crippen molar-refractivity contribution in [3.8, 4) is 0 Å². The molecule has 0 aromatic rings. The molecule has 0 aromatic carbocycles. The van der Waals surface area contributed by atoms with Crippen molar-refractivity contribution in [3.63, 3.8) is 0 Å². The predicted molar refractivity (Wildman–Crippen MR) is 69.7 cm³/mol. The summed E-state index contributed by atoms with van der Waals surface area (Å²) in [6.45, 7) is 4.29. The van der Waals surface area contributed by atoms with Crippen LogP contribution in [0.1, 0.15) is 32.6 Å². The number of ether oxygens (including phenoxy) is 1. The highest BCUT2D eigenvalue weighted by molar-refractivity contribution is 7.80. The first-order valence-electron chi connectivity index (χ1n) is 6.23. The normalized spacial score (nSPS) is 28.1. The van der Waals surface area contributed by atoms with E-state index in [4.69, 9.17) is 22.7 Å². The summed E-state index contributed by atoms with van der Waals surface area (Å²) in [5.74, 6) is 0.146. The van der Waals surface area contributed by atoms with Gasteiger partial charge in [-0.2, -0.15) is 0 Å². The molecule has 2 aliphatic rings. The molecule has 0 bridgehead atoms. The predicted octanol–water partition coefficient (Wildman–Crippen LogP) is 1.08. The van der Waals surface area contributed by atoms with Gasteiger partial charge in [-0.15, -0.1) is 0 Å². The molecule has 1 atom stereocenters. The smallest absolute Gasteiger partial charge is 0.251 e. The lowest BCUT2D eigenvalue weighted by atomic mass is 9.80. The lowest BCUT2D eigenvalue weighted by Gasteiger charge is -2.39. The number of carbonyl (C=O) groups is 1. The molecule has 2 saturated heterocycles. The molecule has 0 radical (unpaired) electrons. The Morgan fingerprint density at radius 1 is 1.47 bits per heavy atom. The minimum atomic E-state index is -0.204. The Labute approximate surface area is 107 Å². The molecular formula is C12H20N2O2S. The number of likely N-dealkylation sites (tertiary alicyclic amines) is 1. The number of piperidine rings is 1. The number of rotatable bonds is 2. The minimum absolute atomic E-state index is 0.0807. The van der Waals surface area contributed by atoms with E-state index >= 15 is 0 Å². The Bertz CT molecular complexity index is 318. The second-order valence-corrected chi connectivity index (χ2v) is 5.69. The van der Waals surface area contributed by atoms with Crippen LogP contribution < -0.4 is 5.73 Å². The van der Waals surface area contributed by atoms with Gasteiger partial charge in [0, 0.05) is 25.1 Å². The van der Waals surface area contributed by atoms with E-state index in [9.17, 15) is 4.79 Å². The molecule has 1 amide bonds. The van der Waals surface area contributed by atoms with Gasteiger partial charge in [0.25, 0.3) is 5.91 Å². The quantitative estimate of drug-likeness (QED) is 0.751. The topological polar surface area (TPSA) is 55.6 Å². The van der Waals surface area contributed by atoms with Crippen molar-refractivity contribution in [1.82, 2.24) is 4.90 Å². The van der Waals surface area contributed by atoms with Crippen molar-refractivity contribution in [1.29, 1.82) is 0 Å². The SMILES string of the molecule is CC1(C(N)=S)CCN(C(=O)C2CCCO2)CC1. The maximum absolute atomic E-state index is 12.1. The van der Waals surface area contributed by atoms with Crippen LogP contribution in [0.25, 0.3) is 0 Å². The Morgan fingerprint density at radius 3 is 2.59 bits per heavy atom. The Balaban J connectivity index is 1.90. The first-order valence-corrected chi connectivity index (χ1v) is 6.64. The van der Waals surface area contributed by atoms with Crippen LogP contribution in [0.4, 0.5) is 0 Å². The van der Waals surface area contributed by atoms with Gasteiger partial charge in [0.2, 0.25) is 0 Å². The van der Waals surface area contributed by atoms with Crippen molar-refractivity contribution < 1.29 is 9.53 Å². The number of hydrogen-bond donors (Lipinski definition) is 1. The van der Waals surface area contributed by atoms with Crippen LogP contribution in [0.2, 0.25) is 0 Å². The van der Waals surface area contributed by atoms with Crippen LogP contribution >= 0.6 is 12.2 Å². The van der Waals surface area contributed by atoms with Gasteiger partial charge in [0.1, 0.15) is 6.10 Å². The third-order valence-corrected chi connectivity index (χ3v) is 4.47. The van der Waals surface area contributed by atoms with Crippen molar-refractivity contribution in [2.24, 2.45) is 11.1 Å². The molecule has 2 fully saturated rings. The molecule has 2 heterocycles. The van der Waals surface area contributed by atoms with Crippen LogP contribution in [-0.2, 0) is 9.53 Å². The van der Waals surface area contributed by atoms with E-state index in [0.29, 0.717) is 4.99 Å². The molecule has 2 aliphatic heterocycles. The molecule has 2 N–H and O–H groups in total.